The molecule has 7 nitrogen and oxygen atoms in total. The summed E-state index contributed by atoms with van der Waals surface area (Å²) >= 11 is 12.0. The van der Waals surface area contributed by atoms with E-state index in [4.69, 9.17) is 16.3 Å². The summed E-state index contributed by atoms with van der Waals surface area (Å²) in [5.74, 6) is -2.51. The molecule has 0 aliphatic heterocycles. The van der Waals surface area contributed by atoms with Crippen LogP contribution in [0.4, 0.5) is 13.2 Å². The lowest BCUT2D eigenvalue weighted by Gasteiger charge is -2.10. The molecule has 0 bridgehead atoms. The number of aromatic nitrogens is 2. The highest BCUT2D eigenvalue weighted by atomic mass is 79.9. The fraction of sp³-hybridized carbons (Fsp3) is 0.333. The Morgan fingerprint density at radius 2 is 2.03 bits per heavy atom. The van der Waals surface area contributed by atoms with Crippen LogP contribution in [0.1, 0.15) is 23.0 Å². The average molecular weight is 582 g/mol. The fourth-order valence-electron chi connectivity index (χ4n) is 2.67. The van der Waals surface area contributed by atoms with Crippen LogP contribution in [-0.4, -0.2) is 37.2 Å². The Hall–Kier alpha value is -1.31. The maximum Gasteiger partial charge on any atom is 0.393 e. The number of hydrogen-bond donors (Lipinski definition) is 1. The molecule has 1 N–H and O–H groups in total. The lowest BCUT2D eigenvalue weighted by Crippen LogP contribution is -2.31. The number of carbonyl (C=O) groups excluding carboxylic acids is 1. The van der Waals surface area contributed by atoms with Gasteiger partial charge in [0.1, 0.15) is 15.2 Å². The Balaban J connectivity index is 1.88. The number of methoxy groups -OCH3 is 1. The second-order valence-electron chi connectivity index (χ2n) is 6.07. The summed E-state index contributed by atoms with van der Waals surface area (Å²) in [6, 6.07) is 2.90. The third kappa shape index (κ3) is 4.42. The van der Waals surface area contributed by atoms with Gasteiger partial charge in [0.05, 0.1) is 18.1 Å². The van der Waals surface area contributed by atoms with Gasteiger partial charge < -0.3 is 9.30 Å². The largest absolute Gasteiger partial charge is 0.497 e. The molecule has 2 aromatic rings. The van der Waals surface area contributed by atoms with Crippen LogP contribution in [0.5, 0.6) is 5.75 Å². The number of imidazole rings is 1. The first-order chi connectivity index (χ1) is 13.4. The van der Waals surface area contributed by atoms with E-state index in [-0.39, 0.29) is 26.5 Å². The molecule has 0 saturated heterocycles. The molecule has 0 unspecified atom stereocenters. The van der Waals surface area contributed by atoms with Crippen LogP contribution in [0.2, 0.25) is 5.02 Å². The van der Waals surface area contributed by atoms with Gasteiger partial charge in [-0.15, -0.1) is 0 Å². The molecule has 1 aromatic heterocycles. The van der Waals surface area contributed by atoms with Crippen molar-refractivity contribution in [1.29, 1.82) is 0 Å². The lowest BCUT2D eigenvalue weighted by atomic mass is 10.3. The Morgan fingerprint density at radius 3 is 2.59 bits per heavy atom. The highest BCUT2D eigenvalue weighted by Crippen LogP contribution is 2.55. The number of hydrogen-bond acceptors (Lipinski definition) is 5. The van der Waals surface area contributed by atoms with Gasteiger partial charge in [-0.05, 0) is 50.4 Å². The van der Waals surface area contributed by atoms with E-state index in [1.807, 2.05) is 4.72 Å². The van der Waals surface area contributed by atoms with Gasteiger partial charge in [-0.2, -0.15) is 13.2 Å². The van der Waals surface area contributed by atoms with E-state index in [0.717, 1.165) is 10.6 Å². The second kappa shape index (κ2) is 7.75. The van der Waals surface area contributed by atoms with E-state index in [1.165, 1.54) is 19.2 Å². The van der Waals surface area contributed by atoms with Crippen LogP contribution in [0, 0.1) is 5.92 Å². The standard InChI is InChI=1S/C15H11Br2ClF3N3O4S/c1-28-6-2-3-8(18)10(4-6)29(26,27)23-13(25)11-12(16)24(14(17)22-11)9-5-7(9)15(19,20)21/h2-4,7,9H,5H2,1H3,(H,23,25)/t7-,9-/m1/s1. The van der Waals surface area contributed by atoms with Gasteiger partial charge in [0, 0.05) is 12.1 Å². The number of rotatable bonds is 5. The predicted molar refractivity (Wildman–Crippen MR) is 103 cm³/mol. The number of sulfonamides is 1. The minimum atomic E-state index is -4.41. The van der Waals surface area contributed by atoms with Gasteiger partial charge in [-0.3, -0.25) is 4.79 Å². The minimum absolute atomic E-state index is 0.0388. The predicted octanol–water partition coefficient (Wildman–Crippen LogP) is 4.31. The monoisotopic (exact) mass is 579 g/mol. The van der Waals surface area contributed by atoms with Crippen LogP contribution in [0.3, 0.4) is 0 Å². The van der Waals surface area contributed by atoms with E-state index in [0.29, 0.717) is 0 Å². The van der Waals surface area contributed by atoms with Crippen molar-refractivity contribution in [3.63, 3.8) is 0 Å². The van der Waals surface area contributed by atoms with E-state index in [1.54, 1.807) is 0 Å². The van der Waals surface area contributed by atoms with Gasteiger partial charge in [0.15, 0.2) is 10.4 Å². The first kappa shape index (κ1) is 22.4. The van der Waals surface area contributed by atoms with Gasteiger partial charge in [-0.1, -0.05) is 11.6 Å². The van der Waals surface area contributed by atoms with Crippen molar-refractivity contribution in [2.75, 3.05) is 7.11 Å². The first-order valence-corrected chi connectivity index (χ1v) is 11.2. The number of alkyl halides is 3. The summed E-state index contributed by atoms with van der Waals surface area (Å²) in [5, 5.41) is -0.150. The molecule has 1 amide bonds. The second-order valence-corrected chi connectivity index (χ2v) is 9.59. The van der Waals surface area contributed by atoms with Crippen molar-refractivity contribution in [3.8, 4) is 5.75 Å². The zero-order valence-electron chi connectivity index (χ0n) is 14.3. The summed E-state index contributed by atoms with van der Waals surface area (Å²) in [4.78, 5) is 15.9. The third-order valence-corrected chi connectivity index (χ3v) is 7.32. The molecule has 1 fully saturated rings. The zero-order valence-corrected chi connectivity index (χ0v) is 19.0. The number of nitrogens with one attached hydrogen (secondary N) is 1. The summed E-state index contributed by atoms with van der Waals surface area (Å²) in [5.41, 5.74) is -0.396. The summed E-state index contributed by atoms with van der Waals surface area (Å²) < 4.78 is 71.5. The summed E-state index contributed by atoms with van der Waals surface area (Å²) in [7, 11) is -3.08. The minimum Gasteiger partial charge on any atom is -0.497 e. The molecule has 0 radical (unpaired) electrons. The molecular weight excluding hydrogens is 571 g/mol. The molecule has 158 valence electrons. The molecule has 1 aliphatic rings. The van der Waals surface area contributed by atoms with E-state index in [9.17, 15) is 26.4 Å². The molecular formula is C15H11Br2ClF3N3O4S. The smallest absolute Gasteiger partial charge is 0.393 e. The number of benzene rings is 1. The normalized spacial score (nSPS) is 19.1. The van der Waals surface area contributed by atoms with Crippen LogP contribution in [-0.2, 0) is 10.0 Å². The topological polar surface area (TPSA) is 90.3 Å². The van der Waals surface area contributed by atoms with Gasteiger partial charge in [0.25, 0.3) is 15.9 Å². The fourth-order valence-corrected chi connectivity index (χ4v) is 5.70. The SMILES string of the molecule is COc1ccc(Cl)c(S(=O)(=O)NC(=O)c2nc(Br)n([C@@H]3C[C@H]3C(F)(F)F)c2Br)c1. The Labute approximate surface area is 184 Å². The van der Waals surface area contributed by atoms with Crippen LogP contribution in [0.25, 0.3) is 0 Å². The zero-order chi connectivity index (χ0) is 21.7. The lowest BCUT2D eigenvalue weighted by molar-refractivity contribution is -0.150. The van der Waals surface area contributed by atoms with Crippen molar-refractivity contribution in [2.45, 2.75) is 23.5 Å². The molecule has 1 aliphatic carbocycles. The molecule has 1 aromatic carbocycles. The molecule has 29 heavy (non-hydrogen) atoms. The van der Waals surface area contributed by atoms with E-state index in [2.05, 4.69) is 36.8 Å². The van der Waals surface area contributed by atoms with Gasteiger partial charge >= 0.3 is 6.18 Å². The maximum absolute atomic E-state index is 12.9. The molecule has 0 spiro atoms. The quantitative estimate of drug-likeness (QED) is 0.569. The Kier molecular flexibility index (Phi) is 5.98. The Morgan fingerprint density at radius 1 is 1.38 bits per heavy atom. The van der Waals surface area contributed by atoms with Crippen LogP contribution in [0.15, 0.2) is 32.4 Å². The first-order valence-electron chi connectivity index (χ1n) is 7.77. The molecule has 3 rings (SSSR count). The van der Waals surface area contributed by atoms with Gasteiger partial charge in [-0.25, -0.2) is 18.1 Å². The number of amides is 1. The van der Waals surface area contributed by atoms with Crippen molar-refractivity contribution >= 4 is 59.4 Å². The van der Waals surface area contributed by atoms with Crippen molar-refractivity contribution in [3.05, 3.63) is 38.3 Å². The van der Waals surface area contributed by atoms with Crippen LogP contribution >= 0.6 is 43.5 Å². The molecule has 1 saturated carbocycles. The number of nitrogens with zero attached hydrogens (tertiary/aromatic N) is 2. The van der Waals surface area contributed by atoms with E-state index < -0.39 is 44.7 Å². The number of ether oxygens (including phenoxy) is 1. The van der Waals surface area contributed by atoms with Crippen molar-refractivity contribution in [2.24, 2.45) is 5.92 Å². The van der Waals surface area contributed by atoms with Gasteiger partial charge in [0.2, 0.25) is 0 Å². The molecule has 1 heterocycles. The van der Waals surface area contributed by atoms with Crippen molar-refractivity contribution in [1.82, 2.24) is 14.3 Å². The third-order valence-electron chi connectivity index (χ3n) is 4.19. The van der Waals surface area contributed by atoms with Crippen molar-refractivity contribution < 1.29 is 31.1 Å². The highest BCUT2D eigenvalue weighted by Gasteiger charge is 2.57. The Bertz CT molecular complexity index is 1090. The summed E-state index contributed by atoms with van der Waals surface area (Å²) in [6.45, 7) is 0. The molecule has 2 atom stereocenters. The van der Waals surface area contributed by atoms with E-state index >= 15 is 0 Å². The number of halogens is 6. The average Bonchev–Trinajstić information content (AvgIpc) is 3.34. The highest BCUT2D eigenvalue weighted by molar-refractivity contribution is 9.11. The summed E-state index contributed by atoms with van der Waals surface area (Å²) in [6.07, 6.45) is -4.56. The number of carbonyl (C=O) groups is 1. The maximum atomic E-state index is 12.9. The molecule has 14 heteroatoms. The van der Waals surface area contributed by atoms with Crippen LogP contribution < -0.4 is 9.46 Å².